The molecule has 1 aromatic carbocycles. The average Bonchev–Trinajstić information content (AvgIpc) is 2.79. The van der Waals surface area contributed by atoms with Crippen LogP contribution in [0.5, 0.6) is 0 Å². The van der Waals surface area contributed by atoms with Gasteiger partial charge in [0.2, 0.25) is 0 Å². The van der Waals surface area contributed by atoms with E-state index in [-0.39, 0.29) is 5.54 Å². The van der Waals surface area contributed by atoms with Crippen LogP contribution in [0.2, 0.25) is 5.02 Å². The third-order valence-corrected chi connectivity index (χ3v) is 3.92. The Balaban J connectivity index is 2.20. The number of imidazole rings is 1. The predicted molar refractivity (Wildman–Crippen MR) is 80.8 cm³/mol. The van der Waals surface area contributed by atoms with Gasteiger partial charge in [0, 0.05) is 34.4 Å². The fourth-order valence-corrected chi connectivity index (χ4v) is 2.77. The minimum Gasteiger partial charge on any atom is -0.339 e. The summed E-state index contributed by atoms with van der Waals surface area (Å²) in [5.41, 5.74) is 1.17. The first kappa shape index (κ1) is 14.4. The summed E-state index contributed by atoms with van der Waals surface area (Å²) in [6.45, 7) is 7.17. The van der Waals surface area contributed by atoms with Crippen LogP contribution in [0.3, 0.4) is 0 Å². The van der Waals surface area contributed by atoms with Gasteiger partial charge in [-0.25, -0.2) is 4.98 Å². The van der Waals surface area contributed by atoms with E-state index >= 15 is 0 Å². The molecule has 102 valence electrons. The van der Waals surface area contributed by atoms with Crippen LogP contribution in [-0.2, 0) is 6.54 Å². The van der Waals surface area contributed by atoms with Gasteiger partial charge in [-0.05, 0) is 38.5 Å². The number of H-pyrrole nitrogens is 1. The Kier molecular flexibility index (Phi) is 4.55. The summed E-state index contributed by atoms with van der Waals surface area (Å²) in [7, 11) is 0. The number of benzene rings is 1. The molecule has 19 heavy (non-hydrogen) atoms. The van der Waals surface area contributed by atoms with Crippen molar-refractivity contribution in [2.75, 3.05) is 0 Å². The van der Waals surface area contributed by atoms with Crippen molar-refractivity contribution in [3.63, 3.8) is 0 Å². The van der Waals surface area contributed by atoms with Crippen LogP contribution in [0.4, 0.5) is 0 Å². The monoisotopic (exact) mass is 295 g/mol. The SMILES string of the molecule is CC(C)(C)NCc1c(Cl)cccc1Sc1ncc[nH]1. The maximum absolute atomic E-state index is 6.31. The average molecular weight is 296 g/mol. The minimum atomic E-state index is 0.0613. The van der Waals surface area contributed by atoms with Gasteiger partial charge in [0.15, 0.2) is 5.16 Å². The van der Waals surface area contributed by atoms with Gasteiger partial charge in [-0.2, -0.15) is 0 Å². The Labute approximate surface area is 123 Å². The summed E-state index contributed by atoms with van der Waals surface area (Å²) < 4.78 is 0. The van der Waals surface area contributed by atoms with Gasteiger partial charge in [0.1, 0.15) is 0 Å². The van der Waals surface area contributed by atoms with E-state index in [1.807, 2.05) is 18.3 Å². The molecule has 0 saturated carbocycles. The third kappa shape index (κ3) is 4.27. The van der Waals surface area contributed by atoms with Gasteiger partial charge in [-0.15, -0.1) is 0 Å². The van der Waals surface area contributed by atoms with Crippen LogP contribution < -0.4 is 5.32 Å². The predicted octanol–water partition coefficient (Wildman–Crippen LogP) is 4.10. The van der Waals surface area contributed by atoms with Crippen LogP contribution >= 0.6 is 23.4 Å². The largest absolute Gasteiger partial charge is 0.339 e. The first-order valence-electron chi connectivity index (χ1n) is 6.15. The normalized spacial score (nSPS) is 11.8. The molecular weight excluding hydrogens is 278 g/mol. The van der Waals surface area contributed by atoms with Crippen molar-refractivity contribution in [1.29, 1.82) is 0 Å². The molecule has 2 rings (SSSR count). The van der Waals surface area contributed by atoms with E-state index in [9.17, 15) is 0 Å². The van der Waals surface area contributed by atoms with Crippen LogP contribution in [0.1, 0.15) is 26.3 Å². The van der Waals surface area contributed by atoms with E-state index in [0.717, 1.165) is 27.2 Å². The van der Waals surface area contributed by atoms with Crippen molar-refractivity contribution < 1.29 is 0 Å². The van der Waals surface area contributed by atoms with Gasteiger partial charge in [-0.3, -0.25) is 0 Å². The maximum atomic E-state index is 6.31. The Bertz CT molecular complexity index is 532. The molecule has 1 heterocycles. The number of nitrogens with one attached hydrogen (secondary N) is 2. The van der Waals surface area contributed by atoms with Crippen LogP contribution in [0, 0.1) is 0 Å². The highest BCUT2D eigenvalue weighted by Crippen LogP contribution is 2.32. The topological polar surface area (TPSA) is 40.7 Å². The van der Waals surface area contributed by atoms with Crippen LogP contribution in [0.15, 0.2) is 40.6 Å². The van der Waals surface area contributed by atoms with Crippen LogP contribution in [-0.4, -0.2) is 15.5 Å². The highest BCUT2D eigenvalue weighted by atomic mass is 35.5. The van der Waals surface area contributed by atoms with E-state index in [4.69, 9.17) is 11.6 Å². The lowest BCUT2D eigenvalue weighted by Gasteiger charge is -2.22. The third-order valence-electron chi connectivity index (χ3n) is 2.55. The summed E-state index contributed by atoms with van der Waals surface area (Å²) >= 11 is 7.91. The molecule has 1 aromatic heterocycles. The lowest BCUT2D eigenvalue weighted by molar-refractivity contribution is 0.422. The van der Waals surface area contributed by atoms with Crippen molar-refractivity contribution in [3.8, 4) is 0 Å². The zero-order chi connectivity index (χ0) is 13.9. The number of nitrogens with zero attached hydrogens (tertiary/aromatic N) is 1. The van der Waals surface area contributed by atoms with E-state index in [1.165, 1.54) is 0 Å². The quantitative estimate of drug-likeness (QED) is 0.892. The molecule has 2 N–H and O–H groups in total. The van der Waals surface area contributed by atoms with E-state index < -0.39 is 0 Å². The highest BCUT2D eigenvalue weighted by Gasteiger charge is 2.13. The summed E-state index contributed by atoms with van der Waals surface area (Å²) in [6, 6.07) is 5.96. The number of aromatic nitrogens is 2. The molecule has 0 amide bonds. The van der Waals surface area contributed by atoms with Crippen molar-refractivity contribution in [3.05, 3.63) is 41.2 Å². The second kappa shape index (κ2) is 5.99. The first-order valence-corrected chi connectivity index (χ1v) is 7.35. The molecule has 0 aliphatic rings. The zero-order valence-electron chi connectivity index (χ0n) is 11.3. The molecule has 0 radical (unpaired) electrons. The van der Waals surface area contributed by atoms with Crippen molar-refractivity contribution >= 4 is 23.4 Å². The van der Waals surface area contributed by atoms with Gasteiger partial charge < -0.3 is 10.3 Å². The Hall–Kier alpha value is -0.970. The lowest BCUT2D eigenvalue weighted by atomic mass is 10.1. The second-order valence-electron chi connectivity index (χ2n) is 5.32. The molecule has 0 saturated heterocycles. The fraction of sp³-hybridized carbons (Fsp3) is 0.357. The highest BCUT2D eigenvalue weighted by molar-refractivity contribution is 7.99. The number of rotatable bonds is 4. The maximum Gasteiger partial charge on any atom is 0.170 e. The molecule has 5 heteroatoms. The molecule has 0 atom stereocenters. The molecule has 0 aliphatic carbocycles. The lowest BCUT2D eigenvalue weighted by Crippen LogP contribution is -2.35. The molecule has 0 spiro atoms. The second-order valence-corrected chi connectivity index (χ2v) is 6.75. The molecular formula is C14H18ClN3S. The van der Waals surface area contributed by atoms with Gasteiger partial charge in [0.05, 0.1) is 0 Å². The summed E-state index contributed by atoms with van der Waals surface area (Å²) in [6.07, 6.45) is 3.57. The molecule has 0 fully saturated rings. The minimum absolute atomic E-state index is 0.0613. The molecule has 2 aromatic rings. The zero-order valence-corrected chi connectivity index (χ0v) is 12.9. The van der Waals surface area contributed by atoms with Crippen molar-refractivity contribution in [1.82, 2.24) is 15.3 Å². The van der Waals surface area contributed by atoms with Crippen molar-refractivity contribution in [2.24, 2.45) is 0 Å². The van der Waals surface area contributed by atoms with Crippen molar-refractivity contribution in [2.45, 2.75) is 42.9 Å². The number of halogens is 1. The molecule has 3 nitrogen and oxygen atoms in total. The Morgan fingerprint density at radius 3 is 2.79 bits per heavy atom. The molecule has 0 unspecified atom stereocenters. The standard InChI is InChI=1S/C14H18ClN3S/c1-14(2,3)18-9-10-11(15)5-4-6-12(10)19-13-16-7-8-17-13/h4-8,18H,9H2,1-3H3,(H,16,17). The fourth-order valence-electron chi connectivity index (χ4n) is 1.57. The molecule has 0 bridgehead atoms. The Morgan fingerprint density at radius 1 is 1.37 bits per heavy atom. The summed E-state index contributed by atoms with van der Waals surface area (Å²) in [5.74, 6) is 0. The van der Waals surface area contributed by atoms with Gasteiger partial charge in [-0.1, -0.05) is 29.4 Å². The smallest absolute Gasteiger partial charge is 0.170 e. The number of hydrogen-bond acceptors (Lipinski definition) is 3. The number of aromatic amines is 1. The van der Waals surface area contributed by atoms with E-state index in [0.29, 0.717) is 0 Å². The Morgan fingerprint density at radius 2 is 2.16 bits per heavy atom. The molecule has 0 aliphatic heterocycles. The van der Waals surface area contributed by atoms with Crippen LogP contribution in [0.25, 0.3) is 0 Å². The van der Waals surface area contributed by atoms with E-state index in [1.54, 1.807) is 18.0 Å². The van der Waals surface area contributed by atoms with Gasteiger partial charge in [0.25, 0.3) is 0 Å². The summed E-state index contributed by atoms with van der Waals surface area (Å²) in [5, 5.41) is 5.13. The summed E-state index contributed by atoms with van der Waals surface area (Å²) in [4.78, 5) is 8.45. The first-order chi connectivity index (χ1) is 8.96. The number of hydrogen-bond donors (Lipinski definition) is 2. The van der Waals surface area contributed by atoms with Gasteiger partial charge >= 0.3 is 0 Å². The van der Waals surface area contributed by atoms with E-state index in [2.05, 4.69) is 42.1 Å².